The molecule has 0 bridgehead atoms. The van der Waals surface area contributed by atoms with E-state index >= 15 is 0 Å². The molecule has 0 spiro atoms. The highest BCUT2D eigenvalue weighted by molar-refractivity contribution is 5.80. The van der Waals surface area contributed by atoms with Gasteiger partial charge < -0.3 is 4.98 Å². The van der Waals surface area contributed by atoms with Gasteiger partial charge in [0.05, 0.1) is 6.54 Å². The monoisotopic (exact) mass is 428 g/mol. The zero-order valence-corrected chi connectivity index (χ0v) is 19.7. The second kappa shape index (κ2) is 7.77. The van der Waals surface area contributed by atoms with Crippen molar-refractivity contribution in [3.05, 3.63) is 109 Å². The average molecular weight is 429 g/mol. The summed E-state index contributed by atoms with van der Waals surface area (Å²) in [5.41, 5.74) is 7.85. The van der Waals surface area contributed by atoms with Crippen molar-refractivity contribution < 1.29 is 0 Å². The van der Waals surface area contributed by atoms with Gasteiger partial charge in [-0.05, 0) is 69.5 Å². The molecule has 4 rings (SSSR count). The van der Waals surface area contributed by atoms with Gasteiger partial charge in [0.1, 0.15) is 0 Å². The maximum absolute atomic E-state index is 12.0. The second-order valence-electron chi connectivity index (χ2n) is 10.4. The standard InChI is InChI=1S/C28H32N2O2/c1-18-15-23-24(28(5,6)13-12-27(23,3)4)16-22(18)19(2)21-9-7-20(8-10-21)17-30-25(31)11-14-29-26(30)32/h7-11,14-16H,2,12-13,17H2,1,3-6H3,(H,29,32). The van der Waals surface area contributed by atoms with Crippen LogP contribution >= 0.6 is 0 Å². The quantitative estimate of drug-likeness (QED) is 0.613. The Balaban J connectivity index is 1.67. The molecule has 0 unspecified atom stereocenters. The maximum Gasteiger partial charge on any atom is 0.328 e. The Kier molecular flexibility index (Phi) is 5.36. The van der Waals surface area contributed by atoms with Crippen LogP contribution in [0.5, 0.6) is 0 Å². The summed E-state index contributed by atoms with van der Waals surface area (Å²) in [5, 5.41) is 0. The summed E-state index contributed by atoms with van der Waals surface area (Å²) >= 11 is 0. The van der Waals surface area contributed by atoms with Gasteiger partial charge in [-0.2, -0.15) is 0 Å². The Morgan fingerprint density at radius 3 is 2.16 bits per heavy atom. The molecule has 4 nitrogen and oxygen atoms in total. The van der Waals surface area contributed by atoms with Gasteiger partial charge in [0.25, 0.3) is 5.56 Å². The molecule has 0 saturated heterocycles. The molecule has 0 aliphatic heterocycles. The predicted octanol–water partition coefficient (Wildman–Crippen LogP) is 5.30. The van der Waals surface area contributed by atoms with E-state index in [1.807, 2.05) is 24.3 Å². The van der Waals surface area contributed by atoms with Gasteiger partial charge in [-0.25, -0.2) is 4.79 Å². The number of aromatic amines is 1. The molecule has 1 aliphatic rings. The van der Waals surface area contributed by atoms with Crippen molar-refractivity contribution >= 4 is 5.57 Å². The number of aromatic nitrogens is 2. The van der Waals surface area contributed by atoms with Crippen LogP contribution in [0.4, 0.5) is 0 Å². The van der Waals surface area contributed by atoms with Crippen LogP contribution in [0.1, 0.15) is 73.9 Å². The molecule has 1 aromatic heterocycles. The molecule has 2 aromatic carbocycles. The Bertz CT molecular complexity index is 1280. The van der Waals surface area contributed by atoms with E-state index in [1.54, 1.807) is 0 Å². The lowest BCUT2D eigenvalue weighted by atomic mass is 9.62. The smallest absolute Gasteiger partial charge is 0.314 e. The summed E-state index contributed by atoms with van der Waals surface area (Å²) in [6, 6.07) is 14.0. The Labute approximate surface area is 189 Å². The van der Waals surface area contributed by atoms with Gasteiger partial charge in [0.2, 0.25) is 0 Å². The van der Waals surface area contributed by atoms with E-state index in [9.17, 15) is 9.59 Å². The molecule has 4 heteroatoms. The van der Waals surface area contributed by atoms with Crippen LogP contribution in [0, 0.1) is 6.92 Å². The van der Waals surface area contributed by atoms with Crippen LogP contribution in [0.25, 0.3) is 5.57 Å². The van der Waals surface area contributed by atoms with Crippen molar-refractivity contribution in [2.75, 3.05) is 0 Å². The normalized spacial score (nSPS) is 16.4. The summed E-state index contributed by atoms with van der Waals surface area (Å²) in [4.78, 5) is 26.5. The first-order valence-corrected chi connectivity index (χ1v) is 11.2. The third kappa shape index (κ3) is 3.90. The van der Waals surface area contributed by atoms with Crippen LogP contribution in [-0.2, 0) is 17.4 Å². The third-order valence-electron chi connectivity index (χ3n) is 7.11. The molecular weight excluding hydrogens is 396 g/mol. The minimum atomic E-state index is -0.402. The summed E-state index contributed by atoms with van der Waals surface area (Å²) in [5.74, 6) is 0. The minimum Gasteiger partial charge on any atom is -0.314 e. The molecule has 0 fully saturated rings. The molecule has 0 atom stereocenters. The van der Waals surface area contributed by atoms with E-state index < -0.39 is 5.69 Å². The highest BCUT2D eigenvalue weighted by atomic mass is 16.2. The molecule has 32 heavy (non-hydrogen) atoms. The molecule has 0 radical (unpaired) electrons. The highest BCUT2D eigenvalue weighted by Crippen LogP contribution is 2.47. The fourth-order valence-electron chi connectivity index (χ4n) is 4.80. The van der Waals surface area contributed by atoms with E-state index in [-0.39, 0.29) is 22.9 Å². The van der Waals surface area contributed by atoms with Gasteiger partial charge in [-0.15, -0.1) is 0 Å². The van der Waals surface area contributed by atoms with Crippen molar-refractivity contribution in [2.24, 2.45) is 0 Å². The van der Waals surface area contributed by atoms with Gasteiger partial charge in [-0.3, -0.25) is 9.36 Å². The van der Waals surface area contributed by atoms with Crippen molar-refractivity contribution in [3.63, 3.8) is 0 Å². The lowest BCUT2D eigenvalue weighted by Gasteiger charge is -2.42. The number of nitrogens with zero attached hydrogens (tertiary/aromatic N) is 1. The number of nitrogens with one attached hydrogen (secondary N) is 1. The Morgan fingerprint density at radius 1 is 0.969 bits per heavy atom. The van der Waals surface area contributed by atoms with Gasteiger partial charge in [-0.1, -0.05) is 70.7 Å². The number of hydrogen-bond donors (Lipinski definition) is 1. The van der Waals surface area contributed by atoms with E-state index in [2.05, 4.69) is 58.3 Å². The van der Waals surface area contributed by atoms with Crippen molar-refractivity contribution in [1.29, 1.82) is 0 Å². The predicted molar refractivity (Wildman–Crippen MR) is 131 cm³/mol. The molecular formula is C28H32N2O2. The molecule has 3 aromatic rings. The van der Waals surface area contributed by atoms with Crippen molar-refractivity contribution in [3.8, 4) is 0 Å². The third-order valence-corrected chi connectivity index (χ3v) is 7.11. The summed E-state index contributed by atoms with van der Waals surface area (Å²) < 4.78 is 1.20. The lowest BCUT2D eigenvalue weighted by molar-refractivity contribution is 0.331. The molecule has 166 valence electrons. The first kappa shape index (κ1) is 22.1. The van der Waals surface area contributed by atoms with Crippen LogP contribution in [0.2, 0.25) is 0 Å². The molecule has 0 amide bonds. The van der Waals surface area contributed by atoms with Gasteiger partial charge in [0.15, 0.2) is 0 Å². The maximum atomic E-state index is 12.0. The highest BCUT2D eigenvalue weighted by Gasteiger charge is 2.37. The van der Waals surface area contributed by atoms with Crippen LogP contribution in [-0.4, -0.2) is 9.55 Å². The summed E-state index contributed by atoms with van der Waals surface area (Å²) in [6.07, 6.45) is 3.74. The van der Waals surface area contributed by atoms with Gasteiger partial charge in [0, 0.05) is 12.3 Å². The second-order valence-corrected chi connectivity index (χ2v) is 10.4. The fraction of sp³-hybridized carbons (Fsp3) is 0.357. The topological polar surface area (TPSA) is 54.9 Å². The van der Waals surface area contributed by atoms with Gasteiger partial charge >= 0.3 is 5.69 Å². The summed E-state index contributed by atoms with van der Waals surface area (Å²) in [6.45, 7) is 16.2. The molecule has 1 N–H and O–H groups in total. The fourth-order valence-corrected chi connectivity index (χ4v) is 4.80. The summed E-state index contributed by atoms with van der Waals surface area (Å²) in [7, 11) is 0. The lowest BCUT2D eigenvalue weighted by Crippen LogP contribution is -2.34. The molecule has 0 saturated carbocycles. The Hall–Kier alpha value is -3.14. The number of rotatable bonds is 4. The largest absolute Gasteiger partial charge is 0.328 e. The number of aryl methyl sites for hydroxylation is 1. The SMILES string of the molecule is C=C(c1ccc(Cn2c(=O)cc[nH]c2=O)cc1)c1cc2c(cc1C)C(C)(C)CCC2(C)C. The van der Waals surface area contributed by atoms with E-state index in [0.717, 1.165) is 16.7 Å². The Morgan fingerprint density at radius 2 is 1.56 bits per heavy atom. The van der Waals surface area contributed by atoms with Crippen LogP contribution in [0.3, 0.4) is 0 Å². The van der Waals surface area contributed by atoms with Crippen LogP contribution < -0.4 is 11.2 Å². The zero-order valence-electron chi connectivity index (χ0n) is 19.7. The average Bonchev–Trinajstić information content (AvgIpc) is 2.74. The zero-order chi connectivity index (χ0) is 23.3. The van der Waals surface area contributed by atoms with Crippen molar-refractivity contribution in [2.45, 2.75) is 64.8 Å². The van der Waals surface area contributed by atoms with Crippen LogP contribution in [0.15, 0.2) is 64.8 Å². The first-order valence-electron chi connectivity index (χ1n) is 11.2. The van der Waals surface area contributed by atoms with E-state index in [1.165, 1.54) is 51.9 Å². The first-order chi connectivity index (χ1) is 15.0. The molecule has 1 heterocycles. The molecule has 1 aliphatic carbocycles. The number of fused-ring (bicyclic) bond motifs is 1. The van der Waals surface area contributed by atoms with E-state index in [4.69, 9.17) is 0 Å². The van der Waals surface area contributed by atoms with Crippen molar-refractivity contribution in [1.82, 2.24) is 9.55 Å². The number of benzene rings is 2. The number of H-pyrrole nitrogens is 1. The van der Waals surface area contributed by atoms with E-state index in [0.29, 0.717) is 0 Å². The minimum absolute atomic E-state index is 0.146. The number of hydrogen-bond acceptors (Lipinski definition) is 2.